The van der Waals surface area contributed by atoms with Crippen LogP contribution in [0.3, 0.4) is 0 Å². The summed E-state index contributed by atoms with van der Waals surface area (Å²) in [5.74, 6) is 0.152. The van der Waals surface area contributed by atoms with Gasteiger partial charge in [-0.25, -0.2) is 0 Å². The predicted octanol–water partition coefficient (Wildman–Crippen LogP) is 3.28. The van der Waals surface area contributed by atoms with E-state index in [2.05, 4.69) is 30.3 Å². The van der Waals surface area contributed by atoms with Crippen molar-refractivity contribution in [1.82, 2.24) is 4.90 Å². The SMILES string of the molecule is CC(C(=O)N1CC2(CCCC2N)C1)c1ccc2ccccc2c1. The van der Waals surface area contributed by atoms with Crippen molar-refractivity contribution in [3.8, 4) is 0 Å². The average Bonchev–Trinajstić information content (AvgIpc) is 2.93. The molecule has 3 heteroatoms. The lowest BCUT2D eigenvalue weighted by Crippen LogP contribution is -2.64. The summed E-state index contributed by atoms with van der Waals surface area (Å²) in [6.45, 7) is 3.72. The molecule has 1 aliphatic carbocycles. The fraction of sp³-hybridized carbons (Fsp3) is 0.450. The van der Waals surface area contributed by atoms with Crippen molar-refractivity contribution in [2.24, 2.45) is 11.1 Å². The minimum atomic E-state index is -0.0883. The Kier molecular flexibility index (Phi) is 3.42. The Labute approximate surface area is 137 Å². The molecule has 1 amide bonds. The second kappa shape index (κ2) is 5.34. The van der Waals surface area contributed by atoms with Crippen LogP contribution in [0.25, 0.3) is 10.8 Å². The molecule has 2 N–H and O–H groups in total. The molecule has 3 nitrogen and oxygen atoms in total. The van der Waals surface area contributed by atoms with E-state index in [9.17, 15) is 4.79 Å². The van der Waals surface area contributed by atoms with E-state index in [4.69, 9.17) is 5.73 Å². The molecule has 1 spiro atoms. The highest BCUT2D eigenvalue weighted by molar-refractivity contribution is 5.88. The minimum Gasteiger partial charge on any atom is -0.341 e. The molecule has 2 fully saturated rings. The lowest BCUT2D eigenvalue weighted by molar-refractivity contribution is -0.145. The van der Waals surface area contributed by atoms with E-state index in [-0.39, 0.29) is 23.3 Å². The van der Waals surface area contributed by atoms with Crippen LogP contribution in [-0.4, -0.2) is 29.9 Å². The first-order chi connectivity index (χ1) is 11.1. The van der Waals surface area contributed by atoms with Gasteiger partial charge in [0.1, 0.15) is 0 Å². The summed E-state index contributed by atoms with van der Waals surface area (Å²) in [7, 11) is 0. The number of carbonyl (C=O) groups is 1. The normalized spacial score (nSPS) is 23.9. The fourth-order valence-electron chi connectivity index (χ4n) is 4.32. The van der Waals surface area contributed by atoms with Gasteiger partial charge in [0.2, 0.25) is 5.91 Å². The van der Waals surface area contributed by atoms with Gasteiger partial charge in [-0.05, 0) is 36.1 Å². The van der Waals surface area contributed by atoms with E-state index in [1.54, 1.807) is 0 Å². The van der Waals surface area contributed by atoms with Gasteiger partial charge in [0, 0.05) is 24.5 Å². The molecule has 2 aliphatic rings. The van der Waals surface area contributed by atoms with Gasteiger partial charge in [-0.2, -0.15) is 0 Å². The second-order valence-corrected chi connectivity index (χ2v) is 7.38. The summed E-state index contributed by atoms with van der Waals surface area (Å²) in [6, 6.07) is 14.9. The molecular formula is C20H24N2O. The molecule has 1 heterocycles. The highest BCUT2D eigenvalue weighted by Crippen LogP contribution is 2.45. The zero-order valence-corrected chi connectivity index (χ0v) is 13.7. The summed E-state index contributed by atoms with van der Waals surface area (Å²) in [5, 5.41) is 2.42. The minimum absolute atomic E-state index is 0.0883. The van der Waals surface area contributed by atoms with E-state index in [1.165, 1.54) is 23.6 Å². The number of likely N-dealkylation sites (tertiary alicyclic amines) is 1. The number of carbonyl (C=O) groups excluding carboxylic acids is 1. The largest absolute Gasteiger partial charge is 0.341 e. The van der Waals surface area contributed by atoms with Gasteiger partial charge in [0.15, 0.2) is 0 Å². The predicted molar refractivity (Wildman–Crippen MR) is 93.2 cm³/mol. The highest BCUT2D eigenvalue weighted by Gasteiger charge is 2.51. The van der Waals surface area contributed by atoms with Gasteiger partial charge in [-0.15, -0.1) is 0 Å². The number of hydrogen-bond donors (Lipinski definition) is 1. The van der Waals surface area contributed by atoms with Crippen molar-refractivity contribution in [3.05, 3.63) is 48.0 Å². The third-order valence-corrected chi connectivity index (χ3v) is 5.94. The topological polar surface area (TPSA) is 46.3 Å². The summed E-state index contributed by atoms with van der Waals surface area (Å²) in [4.78, 5) is 14.8. The van der Waals surface area contributed by atoms with Crippen molar-refractivity contribution in [2.45, 2.75) is 38.1 Å². The fourth-order valence-corrected chi connectivity index (χ4v) is 4.32. The Bertz CT molecular complexity index is 748. The van der Waals surface area contributed by atoms with Crippen LogP contribution in [0.15, 0.2) is 42.5 Å². The standard InChI is InChI=1S/C20H24N2O/c1-14(16-9-8-15-5-2-3-6-17(15)11-16)19(23)22-12-20(13-22)10-4-7-18(20)21/h2-3,5-6,8-9,11,14,18H,4,7,10,12-13,21H2,1H3. The van der Waals surface area contributed by atoms with Crippen molar-refractivity contribution >= 4 is 16.7 Å². The zero-order valence-electron chi connectivity index (χ0n) is 13.7. The van der Waals surface area contributed by atoms with Gasteiger partial charge in [-0.3, -0.25) is 4.79 Å². The molecule has 2 atom stereocenters. The molecule has 1 saturated heterocycles. The van der Waals surface area contributed by atoms with Gasteiger partial charge in [0.05, 0.1) is 5.92 Å². The maximum absolute atomic E-state index is 12.8. The number of rotatable bonds is 2. The summed E-state index contributed by atoms with van der Waals surface area (Å²) in [6.07, 6.45) is 3.51. The summed E-state index contributed by atoms with van der Waals surface area (Å²) in [5.41, 5.74) is 7.57. The van der Waals surface area contributed by atoms with Crippen LogP contribution in [0.1, 0.15) is 37.7 Å². The van der Waals surface area contributed by atoms with Gasteiger partial charge in [-0.1, -0.05) is 48.9 Å². The summed E-state index contributed by atoms with van der Waals surface area (Å²) >= 11 is 0. The number of amides is 1. The van der Waals surface area contributed by atoms with Gasteiger partial charge < -0.3 is 10.6 Å². The van der Waals surface area contributed by atoms with Gasteiger partial charge in [0.25, 0.3) is 0 Å². The van der Waals surface area contributed by atoms with Crippen LogP contribution in [-0.2, 0) is 4.79 Å². The monoisotopic (exact) mass is 308 g/mol. The molecule has 0 aromatic heterocycles. The van der Waals surface area contributed by atoms with E-state index in [0.717, 1.165) is 25.1 Å². The summed E-state index contributed by atoms with van der Waals surface area (Å²) < 4.78 is 0. The van der Waals surface area contributed by atoms with E-state index in [1.807, 2.05) is 24.0 Å². The number of benzene rings is 2. The number of hydrogen-bond acceptors (Lipinski definition) is 2. The first-order valence-corrected chi connectivity index (χ1v) is 8.62. The maximum atomic E-state index is 12.8. The number of nitrogens with two attached hydrogens (primary N) is 1. The second-order valence-electron chi connectivity index (χ2n) is 7.38. The first kappa shape index (κ1) is 14.7. The molecule has 120 valence electrons. The Morgan fingerprint density at radius 2 is 1.96 bits per heavy atom. The Hall–Kier alpha value is -1.87. The van der Waals surface area contributed by atoms with Crippen LogP contribution in [0, 0.1) is 5.41 Å². The molecule has 1 aliphatic heterocycles. The molecule has 2 unspecified atom stereocenters. The van der Waals surface area contributed by atoms with Crippen molar-refractivity contribution in [3.63, 3.8) is 0 Å². The van der Waals surface area contributed by atoms with Crippen LogP contribution in [0.5, 0.6) is 0 Å². The third kappa shape index (κ3) is 2.34. The Morgan fingerprint density at radius 1 is 1.22 bits per heavy atom. The van der Waals surface area contributed by atoms with Crippen molar-refractivity contribution in [1.29, 1.82) is 0 Å². The molecule has 23 heavy (non-hydrogen) atoms. The smallest absolute Gasteiger partial charge is 0.229 e. The van der Waals surface area contributed by atoms with Crippen LogP contribution in [0.2, 0.25) is 0 Å². The molecule has 1 saturated carbocycles. The average molecular weight is 308 g/mol. The quantitative estimate of drug-likeness (QED) is 0.925. The van der Waals surface area contributed by atoms with Crippen molar-refractivity contribution < 1.29 is 4.79 Å². The van der Waals surface area contributed by atoms with Crippen molar-refractivity contribution in [2.75, 3.05) is 13.1 Å². The van der Waals surface area contributed by atoms with Crippen LogP contribution >= 0.6 is 0 Å². The molecule has 0 radical (unpaired) electrons. The molecular weight excluding hydrogens is 284 g/mol. The van der Waals surface area contributed by atoms with E-state index >= 15 is 0 Å². The van der Waals surface area contributed by atoms with E-state index in [0.29, 0.717) is 0 Å². The maximum Gasteiger partial charge on any atom is 0.229 e. The highest BCUT2D eigenvalue weighted by atomic mass is 16.2. The van der Waals surface area contributed by atoms with E-state index < -0.39 is 0 Å². The van der Waals surface area contributed by atoms with Gasteiger partial charge >= 0.3 is 0 Å². The Morgan fingerprint density at radius 3 is 2.65 bits per heavy atom. The molecule has 4 rings (SSSR count). The zero-order chi connectivity index (χ0) is 16.0. The molecule has 2 aromatic rings. The van der Waals surface area contributed by atoms with Crippen LogP contribution < -0.4 is 5.73 Å². The lowest BCUT2D eigenvalue weighted by Gasteiger charge is -2.51. The lowest BCUT2D eigenvalue weighted by atomic mass is 9.74. The first-order valence-electron chi connectivity index (χ1n) is 8.62. The third-order valence-electron chi connectivity index (χ3n) is 5.94. The number of fused-ring (bicyclic) bond motifs is 1. The number of nitrogens with zero attached hydrogens (tertiary/aromatic N) is 1. The Balaban J connectivity index is 1.50. The van der Waals surface area contributed by atoms with Crippen LogP contribution in [0.4, 0.5) is 0 Å². The molecule has 0 bridgehead atoms. The molecule has 2 aromatic carbocycles.